The Labute approximate surface area is 128 Å². The van der Waals surface area contributed by atoms with Crippen molar-refractivity contribution in [2.24, 2.45) is 5.92 Å². The molecule has 116 valence electrons. The number of pyridine rings is 1. The number of nitrogens with zero attached hydrogens (tertiary/aromatic N) is 3. The van der Waals surface area contributed by atoms with Gasteiger partial charge in [0.2, 0.25) is 0 Å². The van der Waals surface area contributed by atoms with Crippen LogP contribution >= 0.6 is 0 Å². The maximum absolute atomic E-state index is 5.37. The Kier molecular flexibility index (Phi) is 4.29. The Morgan fingerprint density at radius 1 is 1.38 bits per heavy atom. The number of likely N-dealkylation sites (tertiary alicyclic amines) is 2. The Morgan fingerprint density at radius 3 is 2.90 bits per heavy atom. The van der Waals surface area contributed by atoms with E-state index in [9.17, 15) is 0 Å². The van der Waals surface area contributed by atoms with Gasteiger partial charge in [-0.1, -0.05) is 6.07 Å². The van der Waals surface area contributed by atoms with Crippen LogP contribution in [-0.4, -0.2) is 60.7 Å². The molecule has 2 aliphatic rings. The third-order valence-corrected chi connectivity index (χ3v) is 5.12. The zero-order chi connectivity index (χ0) is 14.9. The highest BCUT2D eigenvalue weighted by molar-refractivity contribution is 5.13. The van der Waals surface area contributed by atoms with Crippen LogP contribution in [0.2, 0.25) is 0 Å². The van der Waals surface area contributed by atoms with Crippen molar-refractivity contribution in [3.63, 3.8) is 0 Å². The molecule has 0 bridgehead atoms. The van der Waals surface area contributed by atoms with Gasteiger partial charge in [0.1, 0.15) is 0 Å². The molecule has 2 fully saturated rings. The second-order valence-corrected chi connectivity index (χ2v) is 6.88. The molecule has 2 saturated heterocycles. The van der Waals surface area contributed by atoms with Crippen molar-refractivity contribution < 1.29 is 4.74 Å². The first-order chi connectivity index (χ1) is 10.1. The minimum atomic E-state index is 0.380. The topological polar surface area (TPSA) is 28.6 Å². The molecule has 3 heterocycles. The molecule has 3 rings (SSSR count). The quantitative estimate of drug-likeness (QED) is 0.847. The molecule has 1 atom stereocenters. The van der Waals surface area contributed by atoms with Crippen molar-refractivity contribution in [2.45, 2.75) is 31.8 Å². The number of ether oxygens (including phenoxy) is 1. The maximum atomic E-state index is 5.37. The average molecular weight is 289 g/mol. The van der Waals surface area contributed by atoms with E-state index in [4.69, 9.17) is 4.74 Å². The normalized spacial score (nSPS) is 26.0. The van der Waals surface area contributed by atoms with Gasteiger partial charge in [-0.05, 0) is 51.4 Å². The van der Waals surface area contributed by atoms with E-state index in [0.29, 0.717) is 5.54 Å². The fourth-order valence-electron chi connectivity index (χ4n) is 3.97. The molecule has 0 aromatic carbocycles. The third-order valence-electron chi connectivity index (χ3n) is 5.12. The smallest absolute Gasteiger partial charge is 0.0547 e. The summed E-state index contributed by atoms with van der Waals surface area (Å²) in [5.41, 5.74) is 2.68. The number of piperidine rings is 1. The Bertz CT molecular complexity index is 485. The molecule has 21 heavy (non-hydrogen) atoms. The fourth-order valence-corrected chi connectivity index (χ4v) is 3.97. The lowest BCUT2D eigenvalue weighted by Crippen LogP contribution is -2.71. The van der Waals surface area contributed by atoms with Crippen LogP contribution in [0.25, 0.3) is 0 Å². The van der Waals surface area contributed by atoms with Crippen molar-refractivity contribution in [3.05, 3.63) is 29.6 Å². The van der Waals surface area contributed by atoms with Gasteiger partial charge in [0.25, 0.3) is 0 Å². The van der Waals surface area contributed by atoms with E-state index in [1.807, 2.05) is 7.11 Å². The average Bonchev–Trinajstić information content (AvgIpc) is 2.41. The van der Waals surface area contributed by atoms with Gasteiger partial charge in [0.05, 0.1) is 5.69 Å². The molecule has 4 nitrogen and oxygen atoms in total. The molecular formula is C17H27N3O. The largest absolute Gasteiger partial charge is 0.384 e. The van der Waals surface area contributed by atoms with E-state index < -0.39 is 0 Å². The number of hydrogen-bond acceptors (Lipinski definition) is 4. The van der Waals surface area contributed by atoms with Crippen LogP contribution in [0.15, 0.2) is 18.2 Å². The van der Waals surface area contributed by atoms with E-state index in [1.165, 1.54) is 38.2 Å². The molecule has 0 aliphatic carbocycles. The summed E-state index contributed by atoms with van der Waals surface area (Å²) in [6.07, 6.45) is 2.54. The molecule has 2 aliphatic heterocycles. The van der Waals surface area contributed by atoms with Crippen molar-refractivity contribution in [1.29, 1.82) is 0 Å². The summed E-state index contributed by atoms with van der Waals surface area (Å²) in [6, 6.07) is 6.30. The minimum Gasteiger partial charge on any atom is -0.384 e. The predicted octanol–water partition coefficient (Wildman–Crippen LogP) is 1.93. The van der Waals surface area contributed by atoms with Crippen LogP contribution in [0.1, 0.15) is 24.2 Å². The summed E-state index contributed by atoms with van der Waals surface area (Å²) in [5, 5.41) is 0. The second kappa shape index (κ2) is 6.03. The van der Waals surface area contributed by atoms with E-state index in [1.54, 1.807) is 0 Å². The van der Waals surface area contributed by atoms with Crippen molar-refractivity contribution >= 4 is 0 Å². The van der Waals surface area contributed by atoms with Gasteiger partial charge in [0, 0.05) is 44.6 Å². The van der Waals surface area contributed by atoms with E-state index in [-0.39, 0.29) is 0 Å². The highest BCUT2D eigenvalue weighted by Crippen LogP contribution is 2.38. The van der Waals surface area contributed by atoms with Crippen LogP contribution in [-0.2, 0) is 11.3 Å². The molecular weight excluding hydrogens is 262 g/mol. The monoisotopic (exact) mass is 289 g/mol. The first kappa shape index (κ1) is 14.9. The van der Waals surface area contributed by atoms with Gasteiger partial charge in [-0.3, -0.25) is 14.8 Å². The molecule has 0 saturated carbocycles. The van der Waals surface area contributed by atoms with Crippen molar-refractivity contribution in [2.75, 3.05) is 40.4 Å². The Balaban J connectivity index is 1.58. The first-order valence-corrected chi connectivity index (χ1v) is 7.96. The standard InChI is InChI=1S/C17H27N3O/c1-14-5-4-6-16(18-14)10-20-12-17(13-20)9-15(11-21-3)7-8-19(17)2/h4-6,15H,7-13H2,1-3H3/t15-/m1/s1. The number of rotatable bonds is 4. The van der Waals surface area contributed by atoms with Gasteiger partial charge in [-0.15, -0.1) is 0 Å². The SMILES string of the molecule is COC[C@@H]1CCN(C)C2(C1)CN(Cc1cccc(C)n1)C2. The molecule has 0 amide bonds. The highest BCUT2D eigenvalue weighted by Gasteiger charge is 2.49. The van der Waals surface area contributed by atoms with Crippen LogP contribution in [0.4, 0.5) is 0 Å². The maximum Gasteiger partial charge on any atom is 0.0547 e. The predicted molar refractivity (Wildman–Crippen MR) is 84.2 cm³/mol. The molecule has 0 N–H and O–H groups in total. The number of aromatic nitrogens is 1. The summed E-state index contributed by atoms with van der Waals surface area (Å²) in [6.45, 7) is 7.48. The van der Waals surface area contributed by atoms with Crippen molar-refractivity contribution in [1.82, 2.24) is 14.8 Å². The summed E-state index contributed by atoms with van der Waals surface area (Å²) >= 11 is 0. The molecule has 1 aromatic heterocycles. The zero-order valence-electron chi connectivity index (χ0n) is 13.5. The number of likely N-dealkylation sites (N-methyl/N-ethyl adjacent to an activating group) is 1. The van der Waals surface area contributed by atoms with Crippen LogP contribution in [0, 0.1) is 12.8 Å². The highest BCUT2D eigenvalue weighted by atomic mass is 16.5. The summed E-state index contributed by atoms with van der Waals surface area (Å²) in [5.74, 6) is 0.727. The Morgan fingerprint density at radius 2 is 2.19 bits per heavy atom. The van der Waals surface area contributed by atoms with E-state index >= 15 is 0 Å². The molecule has 4 heteroatoms. The molecule has 0 radical (unpaired) electrons. The van der Waals surface area contributed by atoms with Gasteiger partial charge in [-0.25, -0.2) is 0 Å². The van der Waals surface area contributed by atoms with Gasteiger partial charge < -0.3 is 4.74 Å². The number of aryl methyl sites for hydroxylation is 1. The van der Waals surface area contributed by atoms with Gasteiger partial charge >= 0.3 is 0 Å². The number of hydrogen-bond donors (Lipinski definition) is 0. The molecule has 1 spiro atoms. The molecule has 1 aromatic rings. The molecule has 0 unspecified atom stereocenters. The number of methoxy groups -OCH3 is 1. The van der Waals surface area contributed by atoms with Gasteiger partial charge in [-0.2, -0.15) is 0 Å². The van der Waals surface area contributed by atoms with E-state index in [2.05, 4.69) is 47.0 Å². The van der Waals surface area contributed by atoms with E-state index in [0.717, 1.165) is 24.8 Å². The van der Waals surface area contributed by atoms with Crippen LogP contribution in [0.3, 0.4) is 0 Å². The van der Waals surface area contributed by atoms with Crippen molar-refractivity contribution in [3.8, 4) is 0 Å². The van der Waals surface area contributed by atoms with Crippen LogP contribution in [0.5, 0.6) is 0 Å². The fraction of sp³-hybridized carbons (Fsp3) is 0.706. The Hall–Kier alpha value is -0.970. The minimum absolute atomic E-state index is 0.380. The van der Waals surface area contributed by atoms with Gasteiger partial charge in [0.15, 0.2) is 0 Å². The lowest BCUT2D eigenvalue weighted by atomic mass is 9.75. The lowest BCUT2D eigenvalue weighted by molar-refractivity contribution is -0.0909. The zero-order valence-corrected chi connectivity index (χ0v) is 13.5. The van der Waals surface area contributed by atoms with Crippen LogP contribution < -0.4 is 0 Å². The lowest BCUT2D eigenvalue weighted by Gasteiger charge is -2.58. The third kappa shape index (κ3) is 3.12. The first-order valence-electron chi connectivity index (χ1n) is 7.96. The second-order valence-electron chi connectivity index (χ2n) is 6.88. The summed E-state index contributed by atoms with van der Waals surface area (Å²) < 4.78 is 5.37. The summed E-state index contributed by atoms with van der Waals surface area (Å²) in [7, 11) is 4.10. The summed E-state index contributed by atoms with van der Waals surface area (Å²) in [4.78, 5) is 9.71.